The summed E-state index contributed by atoms with van der Waals surface area (Å²) in [4.78, 5) is 35.8. The summed E-state index contributed by atoms with van der Waals surface area (Å²) in [5.41, 5.74) is -0.0791. The molecule has 11 nitrogen and oxygen atoms in total. The Labute approximate surface area is 194 Å². The molecule has 180 valence electrons. The molecule has 1 saturated heterocycles. The van der Waals surface area contributed by atoms with Crippen LogP contribution < -0.4 is 10.5 Å². The summed E-state index contributed by atoms with van der Waals surface area (Å²) in [6.45, 7) is 2.49. The van der Waals surface area contributed by atoms with Crippen molar-refractivity contribution in [2.24, 2.45) is 5.92 Å². The van der Waals surface area contributed by atoms with Crippen LogP contribution in [0.4, 0.5) is 5.69 Å². The molecule has 2 heterocycles. The van der Waals surface area contributed by atoms with Crippen molar-refractivity contribution in [1.82, 2.24) is 8.87 Å². The minimum absolute atomic E-state index is 0.00406. The molecule has 1 fully saturated rings. The van der Waals surface area contributed by atoms with Gasteiger partial charge in [-0.05, 0) is 43.0 Å². The van der Waals surface area contributed by atoms with E-state index in [1.54, 1.807) is 0 Å². The largest absolute Gasteiger partial charge is 0.490 e. The second-order valence-electron chi connectivity index (χ2n) is 8.24. The zero-order chi connectivity index (χ0) is 24.6. The van der Waals surface area contributed by atoms with Crippen LogP contribution in [0.15, 0.2) is 50.5 Å². The molecule has 1 aromatic heterocycles. The smallest absolute Gasteiger partial charge is 0.420 e. The van der Waals surface area contributed by atoms with E-state index in [9.17, 15) is 28.1 Å². The van der Waals surface area contributed by atoms with Gasteiger partial charge in [0, 0.05) is 30.8 Å². The molecular weight excluding hydrogens is 466 g/mol. The van der Waals surface area contributed by atoms with E-state index in [1.807, 2.05) is 0 Å². The fourth-order valence-corrected chi connectivity index (χ4v) is 5.46. The Morgan fingerprint density at radius 1 is 1.21 bits per heavy atom. The number of methoxy groups -OCH3 is 1. The number of carbonyl (C=O) groups excluding carboxylic acids is 1. The van der Waals surface area contributed by atoms with Crippen LogP contribution in [-0.2, 0) is 16.6 Å². The van der Waals surface area contributed by atoms with Crippen molar-refractivity contribution in [3.8, 4) is 5.75 Å². The average molecular weight is 490 g/mol. The molecule has 0 radical (unpaired) electrons. The SMILES string of the molecule is COc1ccc(C(=O)Cn2c(=O)oc3cc(S(=O)(=O)N4CCC(C)CC4)ccc32)cc1[N+](=O)[O-]. The molecule has 0 N–H and O–H groups in total. The molecule has 1 aliphatic heterocycles. The molecule has 0 saturated carbocycles. The molecule has 34 heavy (non-hydrogen) atoms. The molecule has 4 rings (SSSR count). The van der Waals surface area contributed by atoms with Gasteiger partial charge in [0.1, 0.15) is 0 Å². The average Bonchev–Trinajstić information content (AvgIpc) is 3.12. The van der Waals surface area contributed by atoms with E-state index in [2.05, 4.69) is 6.92 Å². The van der Waals surface area contributed by atoms with Crippen LogP contribution in [0.5, 0.6) is 5.75 Å². The maximum absolute atomic E-state index is 13.0. The van der Waals surface area contributed by atoms with Crippen LogP contribution in [0.3, 0.4) is 0 Å². The van der Waals surface area contributed by atoms with Gasteiger partial charge in [0.05, 0.1) is 29.0 Å². The van der Waals surface area contributed by atoms with Crippen LogP contribution in [0, 0.1) is 16.0 Å². The molecule has 0 unspecified atom stereocenters. The zero-order valence-corrected chi connectivity index (χ0v) is 19.4. The highest BCUT2D eigenvalue weighted by atomic mass is 32.2. The van der Waals surface area contributed by atoms with Crippen molar-refractivity contribution in [3.05, 3.63) is 62.6 Å². The molecule has 0 aliphatic carbocycles. The van der Waals surface area contributed by atoms with Crippen LogP contribution in [-0.4, -0.2) is 48.2 Å². The van der Waals surface area contributed by atoms with Crippen molar-refractivity contribution >= 4 is 32.6 Å². The number of sulfonamides is 1. The summed E-state index contributed by atoms with van der Waals surface area (Å²) in [7, 11) is -2.47. The van der Waals surface area contributed by atoms with E-state index >= 15 is 0 Å². The Kier molecular flexibility index (Phi) is 6.28. The summed E-state index contributed by atoms with van der Waals surface area (Å²) in [5.74, 6) is -0.933. The monoisotopic (exact) mass is 489 g/mol. The van der Waals surface area contributed by atoms with Gasteiger partial charge in [0.2, 0.25) is 10.0 Å². The van der Waals surface area contributed by atoms with E-state index < -0.39 is 33.0 Å². The van der Waals surface area contributed by atoms with Crippen LogP contribution in [0.25, 0.3) is 11.1 Å². The van der Waals surface area contributed by atoms with Gasteiger partial charge >= 0.3 is 11.4 Å². The third-order valence-electron chi connectivity index (χ3n) is 6.02. The number of oxazole rings is 1. The highest BCUT2D eigenvalue weighted by Gasteiger charge is 2.29. The number of aromatic nitrogens is 1. The first kappa shape index (κ1) is 23.6. The number of hydrogen-bond acceptors (Lipinski definition) is 8. The quantitative estimate of drug-likeness (QED) is 0.280. The van der Waals surface area contributed by atoms with Gasteiger partial charge in [-0.2, -0.15) is 4.31 Å². The number of benzene rings is 2. The molecule has 0 bridgehead atoms. The molecule has 2 aromatic carbocycles. The van der Waals surface area contributed by atoms with Crippen molar-refractivity contribution in [1.29, 1.82) is 0 Å². The topological polar surface area (TPSA) is 142 Å². The van der Waals surface area contributed by atoms with Gasteiger partial charge in [-0.15, -0.1) is 0 Å². The van der Waals surface area contributed by atoms with E-state index in [-0.39, 0.29) is 33.0 Å². The molecule has 0 atom stereocenters. The Balaban J connectivity index is 1.63. The molecular formula is C22H23N3O8S. The van der Waals surface area contributed by atoms with Gasteiger partial charge in [0.15, 0.2) is 17.1 Å². The summed E-state index contributed by atoms with van der Waals surface area (Å²) in [6, 6.07) is 7.83. The fourth-order valence-electron chi connectivity index (χ4n) is 3.97. The van der Waals surface area contributed by atoms with Crippen LogP contribution in [0.2, 0.25) is 0 Å². The lowest BCUT2D eigenvalue weighted by Crippen LogP contribution is -2.37. The van der Waals surface area contributed by atoms with Gasteiger partial charge in [0.25, 0.3) is 0 Å². The highest BCUT2D eigenvalue weighted by Crippen LogP contribution is 2.29. The van der Waals surface area contributed by atoms with E-state index in [4.69, 9.17) is 9.15 Å². The maximum atomic E-state index is 13.0. The Hall–Kier alpha value is -3.51. The summed E-state index contributed by atoms with van der Waals surface area (Å²) >= 11 is 0. The summed E-state index contributed by atoms with van der Waals surface area (Å²) in [5, 5.41) is 11.2. The molecule has 0 amide bonds. The number of ketones is 1. The van der Waals surface area contributed by atoms with Crippen LogP contribution in [0.1, 0.15) is 30.1 Å². The Morgan fingerprint density at radius 3 is 2.56 bits per heavy atom. The van der Waals surface area contributed by atoms with E-state index in [0.29, 0.717) is 19.0 Å². The number of hydrogen-bond donors (Lipinski definition) is 0. The molecule has 1 aliphatic rings. The van der Waals surface area contributed by atoms with E-state index in [1.165, 1.54) is 41.7 Å². The first-order chi connectivity index (χ1) is 16.1. The van der Waals surface area contributed by atoms with Gasteiger partial charge in [-0.1, -0.05) is 6.92 Å². The Bertz CT molecular complexity index is 1430. The number of nitro groups is 1. The van der Waals surface area contributed by atoms with Gasteiger partial charge in [-0.3, -0.25) is 19.5 Å². The molecule has 0 spiro atoms. The lowest BCUT2D eigenvalue weighted by atomic mass is 10.0. The van der Waals surface area contributed by atoms with Gasteiger partial charge < -0.3 is 9.15 Å². The minimum Gasteiger partial charge on any atom is -0.490 e. The predicted octanol–water partition coefficient (Wildman–Crippen LogP) is 2.81. The lowest BCUT2D eigenvalue weighted by molar-refractivity contribution is -0.385. The number of nitrogens with zero attached hydrogens (tertiary/aromatic N) is 3. The first-order valence-electron chi connectivity index (χ1n) is 10.6. The zero-order valence-electron chi connectivity index (χ0n) is 18.6. The van der Waals surface area contributed by atoms with Crippen molar-refractivity contribution in [3.63, 3.8) is 0 Å². The van der Waals surface area contributed by atoms with Gasteiger partial charge in [-0.25, -0.2) is 13.2 Å². The second kappa shape index (κ2) is 9.03. The summed E-state index contributed by atoms with van der Waals surface area (Å²) < 4.78 is 38.7. The number of nitro benzene ring substituents is 1. The van der Waals surface area contributed by atoms with Crippen molar-refractivity contribution in [2.45, 2.75) is 31.2 Å². The fraction of sp³-hybridized carbons (Fsp3) is 0.364. The third kappa shape index (κ3) is 4.33. The molecule has 3 aromatic rings. The van der Waals surface area contributed by atoms with E-state index in [0.717, 1.165) is 23.5 Å². The number of Topliss-reactive ketones (excluding diaryl/α,β-unsaturated/α-hetero) is 1. The number of rotatable bonds is 7. The second-order valence-corrected chi connectivity index (χ2v) is 10.2. The maximum Gasteiger partial charge on any atom is 0.420 e. The summed E-state index contributed by atoms with van der Waals surface area (Å²) in [6.07, 6.45) is 1.55. The predicted molar refractivity (Wildman–Crippen MR) is 122 cm³/mol. The normalized spacial score (nSPS) is 15.5. The van der Waals surface area contributed by atoms with Crippen LogP contribution >= 0.6 is 0 Å². The highest BCUT2D eigenvalue weighted by molar-refractivity contribution is 7.89. The minimum atomic E-state index is -3.75. The number of carbonyl (C=O) groups is 1. The number of fused-ring (bicyclic) bond motifs is 1. The number of piperidine rings is 1. The number of ether oxygens (including phenoxy) is 1. The standard InChI is InChI=1S/C22H23N3O8S/c1-14-7-9-23(10-8-14)34(30,31)16-4-5-17-21(12-16)33-22(27)24(17)13-19(26)15-3-6-20(32-2)18(11-15)25(28)29/h3-6,11-12,14H,7-10,13H2,1-2H3. The molecule has 12 heteroatoms. The van der Waals surface area contributed by atoms with Crippen molar-refractivity contribution < 1.29 is 27.3 Å². The first-order valence-corrected chi connectivity index (χ1v) is 12.0. The van der Waals surface area contributed by atoms with Crippen molar-refractivity contribution in [2.75, 3.05) is 20.2 Å². The lowest BCUT2D eigenvalue weighted by Gasteiger charge is -2.29. The third-order valence-corrected chi connectivity index (χ3v) is 7.91. The Morgan fingerprint density at radius 2 is 1.91 bits per heavy atom.